The third-order valence-corrected chi connectivity index (χ3v) is 8.99. The first-order valence-electron chi connectivity index (χ1n) is 20.0. The lowest BCUT2D eigenvalue weighted by Crippen LogP contribution is -2.59. The van der Waals surface area contributed by atoms with Crippen molar-refractivity contribution in [2.45, 2.75) is 219 Å². The van der Waals surface area contributed by atoms with Crippen molar-refractivity contribution in [2.75, 3.05) is 19.8 Å². The lowest BCUT2D eigenvalue weighted by molar-refractivity contribution is -0.305. The van der Waals surface area contributed by atoms with E-state index in [4.69, 9.17) is 18.9 Å². The summed E-state index contributed by atoms with van der Waals surface area (Å²) in [4.78, 5) is 25.0. The fourth-order valence-electron chi connectivity index (χ4n) is 5.54. The molecule has 0 radical (unpaired) electrons. The highest BCUT2D eigenvalue weighted by atomic mass is 16.7. The molecule has 0 aromatic heterocycles. The fraction of sp³-hybridized carbons (Fsp3) is 0.949. The first kappa shape index (κ1) is 47.7. The van der Waals surface area contributed by atoms with Crippen LogP contribution in [-0.4, -0.2) is 89.0 Å². The smallest absolute Gasteiger partial charge is 0.306 e. The number of aliphatic hydroxyl groups is 4. The highest BCUT2D eigenvalue weighted by Gasteiger charge is 2.44. The average molecular weight is 705 g/mol. The highest BCUT2D eigenvalue weighted by molar-refractivity contribution is 5.70. The van der Waals surface area contributed by atoms with Crippen LogP contribution >= 0.6 is 0 Å². The molecule has 1 fully saturated rings. The van der Waals surface area contributed by atoms with E-state index in [1.165, 1.54) is 96.3 Å². The molecule has 0 aromatic carbocycles. The Bertz CT molecular complexity index is 747. The monoisotopic (exact) mass is 705 g/mol. The Hall–Kier alpha value is -1.30. The van der Waals surface area contributed by atoms with E-state index < -0.39 is 49.4 Å². The maximum Gasteiger partial charge on any atom is 0.306 e. The number of ether oxygens (including phenoxy) is 4. The minimum absolute atomic E-state index is 0.211. The summed E-state index contributed by atoms with van der Waals surface area (Å²) in [5.74, 6) is -0.805. The second kappa shape index (κ2) is 33.8. The Balaban J connectivity index is 0.00000543. The van der Waals surface area contributed by atoms with Crippen LogP contribution in [-0.2, 0) is 28.5 Å². The van der Waals surface area contributed by atoms with Gasteiger partial charge in [0.2, 0.25) is 0 Å². The van der Waals surface area contributed by atoms with E-state index in [9.17, 15) is 30.0 Å². The van der Waals surface area contributed by atoms with Crippen molar-refractivity contribution in [1.82, 2.24) is 0 Å². The summed E-state index contributed by atoms with van der Waals surface area (Å²) in [5, 5.41) is 39.8. The van der Waals surface area contributed by atoms with Crippen LogP contribution in [0.5, 0.6) is 0 Å². The second-order valence-corrected chi connectivity index (χ2v) is 13.7. The molecular weight excluding hydrogens is 628 g/mol. The Kier molecular flexibility index (Phi) is 32.9. The number of hydrogen-bond donors (Lipinski definition) is 4. The van der Waals surface area contributed by atoms with E-state index in [1.54, 1.807) is 0 Å². The van der Waals surface area contributed by atoms with Gasteiger partial charge in [-0.1, -0.05) is 156 Å². The molecule has 0 aromatic rings. The lowest BCUT2D eigenvalue weighted by Gasteiger charge is -2.39. The molecule has 10 nitrogen and oxygen atoms in total. The Labute approximate surface area is 299 Å². The van der Waals surface area contributed by atoms with Crippen LogP contribution in [0, 0.1) is 0 Å². The number of carbonyl (C=O) groups excluding carboxylic acids is 2. The van der Waals surface area contributed by atoms with Crippen molar-refractivity contribution in [2.24, 2.45) is 0 Å². The normalized spacial score (nSPS) is 21.1. The predicted octanol–water partition coefficient (Wildman–Crippen LogP) is 7.69. The SMILES string of the molecule is CCCC.CCCCCCCCCCCCCC(=O)O[C@H](COC(=O)CCCCCCCCCCC)CO[C@@H]1O[C@H](CO)[C@H](O)[C@H](O)[C@H]1O. The first-order valence-corrected chi connectivity index (χ1v) is 20.0. The van der Waals surface area contributed by atoms with E-state index in [-0.39, 0.29) is 32.0 Å². The topological polar surface area (TPSA) is 152 Å². The molecule has 4 N–H and O–H groups in total. The number of carbonyl (C=O) groups is 2. The number of rotatable bonds is 30. The van der Waals surface area contributed by atoms with Gasteiger partial charge in [0.05, 0.1) is 13.2 Å². The first-order chi connectivity index (χ1) is 23.7. The van der Waals surface area contributed by atoms with E-state index >= 15 is 0 Å². The van der Waals surface area contributed by atoms with Crippen LogP contribution < -0.4 is 0 Å². The summed E-state index contributed by atoms with van der Waals surface area (Å²) < 4.78 is 22.0. The Morgan fingerprint density at radius 2 is 0.980 bits per heavy atom. The van der Waals surface area contributed by atoms with Gasteiger partial charge in [-0.25, -0.2) is 0 Å². The largest absolute Gasteiger partial charge is 0.462 e. The number of unbranched alkanes of at least 4 members (excludes halogenated alkanes) is 19. The van der Waals surface area contributed by atoms with Gasteiger partial charge in [0, 0.05) is 12.8 Å². The Morgan fingerprint density at radius 3 is 1.41 bits per heavy atom. The van der Waals surface area contributed by atoms with E-state index in [0.29, 0.717) is 6.42 Å². The van der Waals surface area contributed by atoms with Gasteiger partial charge in [0.1, 0.15) is 31.0 Å². The van der Waals surface area contributed by atoms with E-state index in [0.717, 1.165) is 38.5 Å². The fourth-order valence-corrected chi connectivity index (χ4v) is 5.54. The molecule has 0 bridgehead atoms. The molecule has 0 unspecified atom stereocenters. The van der Waals surface area contributed by atoms with Gasteiger partial charge < -0.3 is 39.4 Å². The summed E-state index contributed by atoms with van der Waals surface area (Å²) in [6.07, 6.45) is 18.2. The van der Waals surface area contributed by atoms with Crippen LogP contribution in [0.2, 0.25) is 0 Å². The molecular formula is C39H76O10. The third kappa shape index (κ3) is 26.2. The van der Waals surface area contributed by atoms with Crippen molar-refractivity contribution in [3.05, 3.63) is 0 Å². The molecule has 1 saturated heterocycles. The zero-order valence-corrected chi connectivity index (χ0v) is 31.8. The van der Waals surface area contributed by atoms with Gasteiger partial charge >= 0.3 is 11.9 Å². The zero-order chi connectivity index (χ0) is 36.5. The standard InChI is InChI=1S/C35H66O10.C4H10/c1-3-5-7-9-11-13-14-16-18-20-22-24-31(38)44-28(27-43-35-34(41)33(40)32(39)29(25-36)45-35)26-42-30(37)23-21-19-17-15-12-10-8-6-4-2;1-3-4-2/h28-29,32-36,39-41H,3-27H2,1-2H3;3-4H2,1-2H3/t28-,29-,32+,33+,34-,35-;/m1./s1. The summed E-state index contributed by atoms with van der Waals surface area (Å²) in [6, 6.07) is 0. The molecule has 0 spiro atoms. The minimum atomic E-state index is -1.59. The van der Waals surface area contributed by atoms with Crippen molar-refractivity contribution in [1.29, 1.82) is 0 Å². The number of aliphatic hydroxyl groups excluding tert-OH is 4. The summed E-state index contributed by atoms with van der Waals surface area (Å²) >= 11 is 0. The molecule has 0 aliphatic carbocycles. The predicted molar refractivity (Wildman–Crippen MR) is 194 cm³/mol. The van der Waals surface area contributed by atoms with Gasteiger partial charge in [-0.2, -0.15) is 0 Å². The number of esters is 2. The van der Waals surface area contributed by atoms with Crippen LogP contribution in [0.25, 0.3) is 0 Å². The van der Waals surface area contributed by atoms with Gasteiger partial charge in [-0.15, -0.1) is 0 Å². The van der Waals surface area contributed by atoms with E-state index in [1.807, 2.05) is 0 Å². The maximum absolute atomic E-state index is 12.6. The van der Waals surface area contributed by atoms with Crippen LogP contribution in [0.4, 0.5) is 0 Å². The van der Waals surface area contributed by atoms with Crippen molar-refractivity contribution in [3.8, 4) is 0 Å². The van der Waals surface area contributed by atoms with E-state index in [2.05, 4.69) is 27.7 Å². The van der Waals surface area contributed by atoms with Gasteiger partial charge in [0.25, 0.3) is 0 Å². The third-order valence-electron chi connectivity index (χ3n) is 8.99. The summed E-state index contributed by atoms with van der Waals surface area (Å²) in [7, 11) is 0. The van der Waals surface area contributed by atoms with Crippen molar-refractivity contribution >= 4 is 11.9 Å². The molecule has 1 aliphatic rings. The number of hydrogen-bond acceptors (Lipinski definition) is 10. The molecule has 49 heavy (non-hydrogen) atoms. The molecule has 1 rings (SSSR count). The molecule has 0 saturated carbocycles. The summed E-state index contributed by atoms with van der Waals surface area (Å²) in [6.45, 7) is 7.73. The molecule has 1 aliphatic heterocycles. The van der Waals surface area contributed by atoms with Gasteiger partial charge in [-0.05, 0) is 12.8 Å². The van der Waals surface area contributed by atoms with Crippen LogP contribution in [0.15, 0.2) is 0 Å². The summed E-state index contributed by atoms with van der Waals surface area (Å²) in [5.41, 5.74) is 0. The molecule has 1 heterocycles. The molecule has 0 amide bonds. The van der Waals surface area contributed by atoms with Crippen LogP contribution in [0.1, 0.15) is 182 Å². The highest BCUT2D eigenvalue weighted by Crippen LogP contribution is 2.22. The minimum Gasteiger partial charge on any atom is -0.462 e. The Morgan fingerprint density at radius 1 is 0.551 bits per heavy atom. The second-order valence-electron chi connectivity index (χ2n) is 13.7. The van der Waals surface area contributed by atoms with Crippen LogP contribution in [0.3, 0.4) is 0 Å². The lowest BCUT2D eigenvalue weighted by atomic mass is 9.99. The van der Waals surface area contributed by atoms with Gasteiger partial charge in [-0.3, -0.25) is 9.59 Å². The zero-order valence-electron chi connectivity index (χ0n) is 31.8. The molecule has 292 valence electrons. The average Bonchev–Trinajstić information content (AvgIpc) is 3.10. The maximum atomic E-state index is 12.6. The van der Waals surface area contributed by atoms with Crippen molar-refractivity contribution in [3.63, 3.8) is 0 Å². The molecule has 10 heteroatoms. The van der Waals surface area contributed by atoms with Gasteiger partial charge in [0.15, 0.2) is 12.4 Å². The molecule has 6 atom stereocenters. The quantitative estimate of drug-likeness (QED) is 0.0433. The van der Waals surface area contributed by atoms with Crippen molar-refractivity contribution < 1.29 is 49.0 Å².